The summed E-state index contributed by atoms with van der Waals surface area (Å²) in [7, 11) is 0. The molecule has 0 atom stereocenters. The highest BCUT2D eigenvalue weighted by Gasteiger charge is 2.26. The Morgan fingerprint density at radius 3 is 2.41 bits per heavy atom. The number of hydrogen-bond acceptors (Lipinski definition) is 1. The molecule has 1 saturated carbocycles. The van der Waals surface area contributed by atoms with Crippen molar-refractivity contribution < 1.29 is 4.79 Å². The first-order chi connectivity index (χ1) is 7.89. The minimum Gasteiger partial charge on any atom is -0.294 e. The van der Waals surface area contributed by atoms with Crippen molar-refractivity contribution in [3.63, 3.8) is 0 Å². The number of halogens is 1. The Kier molecular flexibility index (Phi) is 3.31. The first-order valence-electron chi connectivity index (χ1n) is 6.24. The van der Waals surface area contributed by atoms with Crippen LogP contribution in [-0.4, -0.2) is 5.78 Å². The molecule has 0 radical (unpaired) electrons. The first kappa shape index (κ1) is 12.6. The van der Waals surface area contributed by atoms with Gasteiger partial charge >= 0.3 is 0 Å². The maximum Gasteiger partial charge on any atom is 0.168 e. The number of rotatable bonds is 2. The van der Waals surface area contributed by atoms with Gasteiger partial charge in [-0.3, -0.25) is 4.79 Å². The fourth-order valence-corrected chi connectivity index (χ4v) is 2.42. The molecule has 0 unspecified atom stereocenters. The number of hydrogen-bond donors (Lipinski definition) is 0. The van der Waals surface area contributed by atoms with E-state index in [0.29, 0.717) is 5.92 Å². The van der Waals surface area contributed by atoms with Crippen LogP contribution in [-0.2, 0) is 0 Å². The third kappa shape index (κ3) is 2.55. The molecule has 0 aromatic heterocycles. The lowest BCUT2D eigenvalue weighted by Gasteiger charge is -2.27. The molecule has 17 heavy (non-hydrogen) atoms. The summed E-state index contributed by atoms with van der Waals surface area (Å²) >= 11 is 6.21. The number of benzene rings is 1. The molecule has 1 aliphatic rings. The molecular weight excluding hydrogens is 232 g/mol. The first-order valence-corrected chi connectivity index (χ1v) is 6.61. The van der Waals surface area contributed by atoms with Crippen molar-refractivity contribution in [3.05, 3.63) is 34.3 Å². The van der Waals surface area contributed by atoms with E-state index in [0.717, 1.165) is 16.1 Å². The maximum atomic E-state index is 12.2. The van der Waals surface area contributed by atoms with Gasteiger partial charge in [-0.25, -0.2) is 0 Å². The molecule has 0 heterocycles. The molecule has 1 aliphatic carbocycles. The zero-order valence-electron chi connectivity index (χ0n) is 10.7. The summed E-state index contributed by atoms with van der Waals surface area (Å²) in [5.74, 6) is 0.755. The van der Waals surface area contributed by atoms with Gasteiger partial charge in [0.1, 0.15) is 0 Å². The van der Waals surface area contributed by atoms with Gasteiger partial charge in [-0.2, -0.15) is 0 Å². The minimum absolute atomic E-state index is 0.190. The monoisotopic (exact) mass is 250 g/mol. The highest BCUT2D eigenvalue weighted by Crippen LogP contribution is 2.40. The summed E-state index contributed by atoms with van der Waals surface area (Å²) < 4.78 is 0. The third-order valence-electron chi connectivity index (χ3n) is 3.48. The van der Waals surface area contributed by atoms with Crippen LogP contribution in [0.3, 0.4) is 0 Å². The van der Waals surface area contributed by atoms with Gasteiger partial charge in [0.2, 0.25) is 0 Å². The van der Waals surface area contributed by atoms with E-state index in [-0.39, 0.29) is 11.2 Å². The number of ketones is 1. The van der Waals surface area contributed by atoms with E-state index in [9.17, 15) is 4.79 Å². The van der Waals surface area contributed by atoms with Crippen molar-refractivity contribution in [2.45, 2.75) is 46.0 Å². The van der Waals surface area contributed by atoms with Gasteiger partial charge in [0.25, 0.3) is 0 Å². The van der Waals surface area contributed by atoms with E-state index in [1.165, 1.54) is 19.3 Å². The number of carbonyl (C=O) groups excluding carboxylic acids is 1. The van der Waals surface area contributed by atoms with Gasteiger partial charge in [0.15, 0.2) is 5.78 Å². The second-order valence-corrected chi connectivity index (χ2v) is 6.35. The van der Waals surface area contributed by atoms with Crippen LogP contribution < -0.4 is 0 Å². The van der Waals surface area contributed by atoms with E-state index in [4.69, 9.17) is 11.6 Å². The van der Waals surface area contributed by atoms with E-state index in [2.05, 4.69) is 0 Å². The van der Waals surface area contributed by atoms with Crippen LogP contribution in [0.25, 0.3) is 0 Å². The summed E-state index contributed by atoms with van der Waals surface area (Å²) in [6, 6.07) is 5.71. The summed E-state index contributed by atoms with van der Waals surface area (Å²) in [6.45, 7) is 5.85. The standard InChI is InChI=1S/C15H19ClO/c1-15(2,3)14(17)11-7-8-13(16)12(9-11)10-5-4-6-10/h7-10H,4-6H2,1-3H3. The van der Waals surface area contributed by atoms with Crippen LogP contribution >= 0.6 is 11.6 Å². The Bertz CT molecular complexity index is 439. The molecule has 1 aromatic carbocycles. The average Bonchev–Trinajstić information content (AvgIpc) is 2.16. The topological polar surface area (TPSA) is 17.1 Å². The smallest absolute Gasteiger partial charge is 0.168 e. The molecule has 0 spiro atoms. The van der Waals surface area contributed by atoms with Gasteiger partial charge in [0, 0.05) is 16.0 Å². The molecule has 0 saturated heterocycles. The molecule has 1 nitrogen and oxygen atoms in total. The quantitative estimate of drug-likeness (QED) is 0.687. The molecule has 2 heteroatoms. The van der Waals surface area contributed by atoms with Crippen LogP contribution in [0.5, 0.6) is 0 Å². The Morgan fingerprint density at radius 1 is 1.29 bits per heavy atom. The summed E-state index contributed by atoms with van der Waals surface area (Å²) in [6.07, 6.45) is 3.68. The molecule has 0 bridgehead atoms. The van der Waals surface area contributed by atoms with Gasteiger partial charge in [0.05, 0.1) is 0 Å². The molecule has 2 rings (SSSR count). The van der Waals surface area contributed by atoms with E-state index in [1.54, 1.807) is 0 Å². The van der Waals surface area contributed by atoms with Crippen molar-refractivity contribution in [3.8, 4) is 0 Å². The van der Waals surface area contributed by atoms with Crippen LogP contribution in [0, 0.1) is 5.41 Å². The van der Waals surface area contributed by atoms with Gasteiger partial charge in [-0.05, 0) is 42.5 Å². The second-order valence-electron chi connectivity index (χ2n) is 5.94. The fraction of sp³-hybridized carbons (Fsp3) is 0.533. The lowest BCUT2D eigenvalue weighted by Crippen LogP contribution is -2.20. The van der Waals surface area contributed by atoms with Crippen molar-refractivity contribution >= 4 is 17.4 Å². The van der Waals surface area contributed by atoms with Crippen molar-refractivity contribution in [1.82, 2.24) is 0 Å². The molecule has 0 amide bonds. The maximum absolute atomic E-state index is 12.2. The molecule has 0 N–H and O–H groups in total. The largest absolute Gasteiger partial charge is 0.294 e. The number of Topliss-reactive ketones (excluding diaryl/α,β-unsaturated/α-hetero) is 1. The Balaban J connectivity index is 2.34. The van der Waals surface area contributed by atoms with Crippen molar-refractivity contribution in [2.24, 2.45) is 5.41 Å². The Hall–Kier alpha value is -0.820. The van der Waals surface area contributed by atoms with Gasteiger partial charge < -0.3 is 0 Å². The zero-order valence-corrected chi connectivity index (χ0v) is 11.5. The lowest BCUT2D eigenvalue weighted by molar-refractivity contribution is 0.0858. The van der Waals surface area contributed by atoms with Gasteiger partial charge in [-0.15, -0.1) is 0 Å². The molecule has 1 fully saturated rings. The van der Waals surface area contributed by atoms with Crippen LogP contribution in [0.4, 0.5) is 0 Å². The molecule has 1 aromatic rings. The van der Waals surface area contributed by atoms with Crippen molar-refractivity contribution in [1.29, 1.82) is 0 Å². The third-order valence-corrected chi connectivity index (χ3v) is 3.83. The SMILES string of the molecule is CC(C)(C)C(=O)c1ccc(Cl)c(C2CCC2)c1. The highest BCUT2D eigenvalue weighted by molar-refractivity contribution is 6.31. The number of carbonyl (C=O) groups is 1. The Labute approximate surface area is 108 Å². The summed E-state index contributed by atoms with van der Waals surface area (Å²) in [4.78, 5) is 12.2. The molecule has 92 valence electrons. The molecular formula is C15H19ClO. The van der Waals surface area contributed by atoms with Crippen LogP contribution in [0.2, 0.25) is 5.02 Å². The molecule has 0 aliphatic heterocycles. The zero-order chi connectivity index (χ0) is 12.6. The summed E-state index contributed by atoms with van der Waals surface area (Å²) in [5, 5.41) is 0.806. The minimum atomic E-state index is -0.329. The van der Waals surface area contributed by atoms with Gasteiger partial charge in [-0.1, -0.05) is 38.8 Å². The lowest BCUT2D eigenvalue weighted by atomic mass is 9.78. The van der Waals surface area contributed by atoms with Crippen LogP contribution in [0.15, 0.2) is 18.2 Å². The summed E-state index contributed by atoms with van der Waals surface area (Å²) in [5.41, 5.74) is 1.63. The fourth-order valence-electron chi connectivity index (χ4n) is 2.15. The Morgan fingerprint density at radius 2 is 1.94 bits per heavy atom. The van der Waals surface area contributed by atoms with E-state index >= 15 is 0 Å². The van der Waals surface area contributed by atoms with E-state index in [1.807, 2.05) is 39.0 Å². The normalized spacial score (nSPS) is 16.7. The van der Waals surface area contributed by atoms with Crippen LogP contribution in [0.1, 0.15) is 61.9 Å². The predicted molar refractivity (Wildman–Crippen MR) is 71.8 cm³/mol. The van der Waals surface area contributed by atoms with Crippen molar-refractivity contribution in [2.75, 3.05) is 0 Å². The van der Waals surface area contributed by atoms with E-state index < -0.39 is 0 Å². The second kappa shape index (κ2) is 4.45. The highest BCUT2D eigenvalue weighted by atomic mass is 35.5. The average molecular weight is 251 g/mol. The predicted octanol–water partition coefficient (Wildman–Crippen LogP) is 4.84.